The molecular weight excluding hydrogens is 261 g/mol. The quantitative estimate of drug-likeness (QED) is 0.919. The zero-order valence-electron chi connectivity index (χ0n) is 11.8. The molecule has 5 heteroatoms. The maximum absolute atomic E-state index is 13.0. The Labute approximate surface area is 117 Å². The van der Waals surface area contributed by atoms with Crippen LogP contribution in [0.1, 0.15) is 32.3 Å². The predicted molar refractivity (Wildman–Crippen MR) is 71.8 cm³/mol. The normalized spacial score (nSPS) is 16.6. The van der Waals surface area contributed by atoms with Gasteiger partial charge in [0, 0.05) is 7.05 Å². The first kappa shape index (κ1) is 14.5. The highest BCUT2D eigenvalue weighted by Gasteiger charge is 2.55. The third kappa shape index (κ3) is 2.17. The number of carboxylic acid groups (broad SMARTS) is 1. The summed E-state index contributed by atoms with van der Waals surface area (Å²) in [6.07, 6.45) is 1.33. The third-order valence-corrected chi connectivity index (χ3v) is 4.22. The van der Waals surface area contributed by atoms with Gasteiger partial charge in [-0.1, -0.05) is 12.1 Å². The fraction of sp³-hybridized carbons (Fsp3) is 0.467. The van der Waals surface area contributed by atoms with Gasteiger partial charge in [0.25, 0.3) is 0 Å². The second kappa shape index (κ2) is 4.58. The average molecular weight is 279 g/mol. The summed E-state index contributed by atoms with van der Waals surface area (Å²) in [4.78, 5) is 25.2. The van der Waals surface area contributed by atoms with Gasteiger partial charge in [-0.3, -0.25) is 4.79 Å². The van der Waals surface area contributed by atoms with Gasteiger partial charge in [0.1, 0.15) is 11.4 Å². The van der Waals surface area contributed by atoms with Gasteiger partial charge in [-0.05, 0) is 44.4 Å². The molecule has 0 saturated heterocycles. The van der Waals surface area contributed by atoms with Gasteiger partial charge >= 0.3 is 5.97 Å². The fourth-order valence-electron chi connectivity index (χ4n) is 2.24. The molecule has 1 N–H and O–H groups in total. The molecule has 1 aliphatic carbocycles. The van der Waals surface area contributed by atoms with E-state index in [0.717, 1.165) is 5.56 Å². The van der Waals surface area contributed by atoms with Gasteiger partial charge in [-0.2, -0.15) is 0 Å². The van der Waals surface area contributed by atoms with Crippen molar-refractivity contribution in [1.29, 1.82) is 0 Å². The molecular formula is C15H18FNO3. The van der Waals surface area contributed by atoms with Crippen molar-refractivity contribution in [3.8, 4) is 0 Å². The molecule has 1 amide bonds. The number of benzene rings is 1. The second-order valence-electron chi connectivity index (χ2n) is 5.82. The number of carboxylic acids is 1. The lowest BCUT2D eigenvalue weighted by molar-refractivity contribution is -0.156. The van der Waals surface area contributed by atoms with Crippen LogP contribution in [0.25, 0.3) is 0 Å². The number of nitrogens with zero attached hydrogens (tertiary/aromatic N) is 1. The number of hydrogen-bond acceptors (Lipinski definition) is 2. The van der Waals surface area contributed by atoms with Crippen LogP contribution in [0, 0.1) is 5.82 Å². The maximum atomic E-state index is 13.0. The summed E-state index contributed by atoms with van der Waals surface area (Å²) < 4.78 is 13.0. The third-order valence-electron chi connectivity index (χ3n) is 4.22. The molecule has 0 bridgehead atoms. The molecule has 2 rings (SSSR count). The molecule has 0 heterocycles. The molecule has 4 nitrogen and oxygen atoms in total. The maximum Gasteiger partial charge on any atom is 0.329 e. The molecule has 1 saturated carbocycles. The Bertz CT molecular complexity index is 547. The Morgan fingerprint density at radius 3 is 2.15 bits per heavy atom. The van der Waals surface area contributed by atoms with E-state index in [4.69, 9.17) is 0 Å². The Hall–Kier alpha value is -1.91. The molecule has 0 unspecified atom stereocenters. The van der Waals surface area contributed by atoms with E-state index in [1.807, 2.05) is 0 Å². The number of rotatable bonds is 4. The monoisotopic (exact) mass is 279 g/mol. The fourth-order valence-corrected chi connectivity index (χ4v) is 2.24. The summed E-state index contributed by atoms with van der Waals surface area (Å²) in [5.74, 6) is -1.63. The lowest BCUT2D eigenvalue weighted by atomic mass is 9.92. The summed E-state index contributed by atoms with van der Waals surface area (Å²) in [5, 5.41) is 9.21. The molecule has 1 aromatic rings. The highest BCUT2D eigenvalue weighted by atomic mass is 19.1. The molecule has 1 fully saturated rings. The molecule has 1 aromatic carbocycles. The van der Waals surface area contributed by atoms with Gasteiger partial charge in [0.05, 0.1) is 5.41 Å². The van der Waals surface area contributed by atoms with E-state index in [9.17, 15) is 19.1 Å². The standard InChI is InChI=1S/C15H18FNO3/c1-14(2,13(19)20)17(3)12(18)15(8-9-15)10-4-6-11(16)7-5-10/h4-7H,8-9H2,1-3H3,(H,19,20). The van der Waals surface area contributed by atoms with Crippen LogP contribution in [0.3, 0.4) is 0 Å². The number of likely N-dealkylation sites (N-methyl/N-ethyl adjacent to an activating group) is 1. The highest BCUT2D eigenvalue weighted by Crippen LogP contribution is 2.50. The number of aliphatic carboxylic acids is 1. The minimum atomic E-state index is -1.27. The van der Waals surface area contributed by atoms with E-state index >= 15 is 0 Å². The minimum Gasteiger partial charge on any atom is -0.480 e. The van der Waals surface area contributed by atoms with Crippen molar-refractivity contribution in [2.45, 2.75) is 37.6 Å². The zero-order chi connectivity index (χ0) is 15.1. The van der Waals surface area contributed by atoms with Crippen molar-refractivity contribution in [2.75, 3.05) is 7.05 Å². The Kier molecular flexibility index (Phi) is 3.32. The number of halogens is 1. The summed E-state index contributed by atoms with van der Waals surface area (Å²) in [6.45, 7) is 2.99. The van der Waals surface area contributed by atoms with Crippen LogP contribution in [0.2, 0.25) is 0 Å². The Balaban J connectivity index is 2.29. The van der Waals surface area contributed by atoms with Gasteiger partial charge < -0.3 is 10.0 Å². The van der Waals surface area contributed by atoms with E-state index < -0.39 is 16.9 Å². The van der Waals surface area contributed by atoms with Crippen LogP contribution >= 0.6 is 0 Å². The molecule has 0 aliphatic heterocycles. The van der Waals surface area contributed by atoms with Crippen LogP contribution < -0.4 is 0 Å². The van der Waals surface area contributed by atoms with Crippen molar-refractivity contribution in [3.05, 3.63) is 35.6 Å². The average Bonchev–Trinajstić information content (AvgIpc) is 3.19. The lowest BCUT2D eigenvalue weighted by Gasteiger charge is -2.34. The lowest BCUT2D eigenvalue weighted by Crippen LogP contribution is -2.53. The first-order valence-electron chi connectivity index (χ1n) is 6.49. The second-order valence-corrected chi connectivity index (χ2v) is 5.82. The van der Waals surface area contributed by atoms with E-state index in [2.05, 4.69) is 0 Å². The SMILES string of the molecule is CN(C(=O)C1(c2ccc(F)cc2)CC1)C(C)(C)C(=O)O. The van der Waals surface area contributed by atoms with E-state index in [0.29, 0.717) is 12.8 Å². The topological polar surface area (TPSA) is 57.6 Å². The van der Waals surface area contributed by atoms with Gasteiger partial charge in [0.15, 0.2) is 0 Å². The largest absolute Gasteiger partial charge is 0.480 e. The van der Waals surface area contributed by atoms with Crippen molar-refractivity contribution in [1.82, 2.24) is 4.90 Å². The number of amides is 1. The van der Waals surface area contributed by atoms with E-state index in [1.54, 1.807) is 12.1 Å². The molecule has 0 radical (unpaired) electrons. The number of hydrogen-bond donors (Lipinski definition) is 1. The molecule has 0 aromatic heterocycles. The first-order valence-corrected chi connectivity index (χ1v) is 6.49. The summed E-state index contributed by atoms with van der Waals surface area (Å²) >= 11 is 0. The summed E-state index contributed by atoms with van der Waals surface area (Å²) in [6, 6.07) is 5.85. The molecule has 108 valence electrons. The van der Waals surface area contributed by atoms with Crippen molar-refractivity contribution < 1.29 is 19.1 Å². The molecule has 1 aliphatic rings. The van der Waals surface area contributed by atoms with E-state index in [1.165, 1.54) is 37.9 Å². The molecule has 0 atom stereocenters. The number of carbonyl (C=O) groups is 2. The summed E-state index contributed by atoms with van der Waals surface area (Å²) in [7, 11) is 1.50. The summed E-state index contributed by atoms with van der Waals surface area (Å²) in [5.41, 5.74) is -1.21. The zero-order valence-corrected chi connectivity index (χ0v) is 11.8. The van der Waals surface area contributed by atoms with Gasteiger partial charge in [-0.25, -0.2) is 9.18 Å². The van der Waals surface area contributed by atoms with Gasteiger partial charge in [0.2, 0.25) is 5.91 Å². The Morgan fingerprint density at radius 2 is 1.75 bits per heavy atom. The minimum absolute atomic E-state index is 0.225. The van der Waals surface area contributed by atoms with Crippen LogP contribution in [-0.2, 0) is 15.0 Å². The predicted octanol–water partition coefficient (Wildman–Crippen LogP) is 2.18. The molecule has 20 heavy (non-hydrogen) atoms. The Morgan fingerprint density at radius 1 is 1.25 bits per heavy atom. The van der Waals surface area contributed by atoms with Crippen LogP contribution in [0.5, 0.6) is 0 Å². The van der Waals surface area contributed by atoms with Crippen molar-refractivity contribution >= 4 is 11.9 Å². The highest BCUT2D eigenvalue weighted by molar-refractivity contribution is 5.95. The van der Waals surface area contributed by atoms with Crippen molar-refractivity contribution in [3.63, 3.8) is 0 Å². The van der Waals surface area contributed by atoms with Gasteiger partial charge in [-0.15, -0.1) is 0 Å². The van der Waals surface area contributed by atoms with Crippen LogP contribution in [-0.4, -0.2) is 34.5 Å². The molecule has 0 spiro atoms. The van der Waals surface area contributed by atoms with E-state index in [-0.39, 0.29) is 11.7 Å². The smallest absolute Gasteiger partial charge is 0.329 e. The number of carbonyl (C=O) groups excluding carboxylic acids is 1. The van der Waals surface area contributed by atoms with Crippen LogP contribution in [0.4, 0.5) is 4.39 Å². The van der Waals surface area contributed by atoms with Crippen molar-refractivity contribution in [2.24, 2.45) is 0 Å². The first-order chi connectivity index (χ1) is 9.21. The van der Waals surface area contributed by atoms with Crippen LogP contribution in [0.15, 0.2) is 24.3 Å².